The summed E-state index contributed by atoms with van der Waals surface area (Å²) in [5.74, 6) is 1.51. The Balaban J connectivity index is 4.44. The quantitative estimate of drug-likeness (QED) is 0.680. The number of terminal acetylenes is 1. The van der Waals surface area contributed by atoms with Crippen LogP contribution in [-0.2, 0) is 4.79 Å². The van der Waals surface area contributed by atoms with Gasteiger partial charge in [0.2, 0.25) is 0 Å². The van der Waals surface area contributed by atoms with Gasteiger partial charge in [-0.15, -0.1) is 6.42 Å². The number of urea groups is 1. The second-order valence-electron chi connectivity index (χ2n) is 4.01. The van der Waals surface area contributed by atoms with Crippen molar-refractivity contribution in [1.29, 1.82) is 0 Å². The number of hydrogen-bond acceptors (Lipinski definition) is 2. The highest BCUT2D eigenvalue weighted by atomic mass is 16.4. The summed E-state index contributed by atoms with van der Waals surface area (Å²) < 4.78 is 0. The van der Waals surface area contributed by atoms with Gasteiger partial charge >= 0.3 is 12.0 Å². The Labute approximate surface area is 95.8 Å². The van der Waals surface area contributed by atoms with E-state index in [0.717, 1.165) is 0 Å². The van der Waals surface area contributed by atoms with Gasteiger partial charge in [0.25, 0.3) is 0 Å². The molecule has 0 heterocycles. The number of rotatable bonds is 5. The summed E-state index contributed by atoms with van der Waals surface area (Å²) in [5, 5.41) is 11.2. The summed E-state index contributed by atoms with van der Waals surface area (Å²) in [6, 6.07) is -0.850. The van der Waals surface area contributed by atoms with Gasteiger partial charge in [0.15, 0.2) is 0 Å². The second-order valence-corrected chi connectivity index (χ2v) is 4.01. The molecule has 0 fully saturated rings. The molecule has 0 aliphatic heterocycles. The smallest absolute Gasteiger partial charge is 0.323 e. The topological polar surface area (TPSA) is 69.6 Å². The molecule has 0 aliphatic rings. The molecule has 0 bridgehead atoms. The van der Waals surface area contributed by atoms with Crippen molar-refractivity contribution in [2.24, 2.45) is 5.92 Å². The molecule has 0 aromatic heterocycles. The standard InChI is InChI=1S/C11H18N2O3/c1-5-9(4)12-11(16)13(6-8(2)3)7-10(14)15/h1,8-9H,6-7H2,2-4H3,(H,12,16)(H,14,15). The number of amides is 2. The zero-order valence-corrected chi connectivity index (χ0v) is 9.86. The monoisotopic (exact) mass is 226 g/mol. The number of aliphatic carboxylic acids is 1. The van der Waals surface area contributed by atoms with Crippen LogP contribution in [-0.4, -0.2) is 41.1 Å². The van der Waals surface area contributed by atoms with Crippen LogP contribution in [0.3, 0.4) is 0 Å². The van der Waals surface area contributed by atoms with Gasteiger partial charge in [-0.1, -0.05) is 19.8 Å². The van der Waals surface area contributed by atoms with Gasteiger partial charge in [-0.2, -0.15) is 0 Å². The summed E-state index contributed by atoms with van der Waals surface area (Å²) in [5.41, 5.74) is 0. The number of hydrogen-bond donors (Lipinski definition) is 2. The number of carboxylic acids is 1. The first-order valence-electron chi connectivity index (χ1n) is 5.10. The molecule has 90 valence electrons. The minimum atomic E-state index is -1.04. The first-order valence-corrected chi connectivity index (χ1v) is 5.10. The van der Waals surface area contributed by atoms with E-state index in [2.05, 4.69) is 11.2 Å². The molecule has 0 aliphatic carbocycles. The molecule has 16 heavy (non-hydrogen) atoms. The Kier molecular flexibility index (Phi) is 6.01. The third-order valence-corrected chi connectivity index (χ3v) is 1.79. The van der Waals surface area contributed by atoms with Crippen molar-refractivity contribution < 1.29 is 14.7 Å². The number of carboxylic acid groups (broad SMARTS) is 1. The Morgan fingerprint density at radius 1 is 1.44 bits per heavy atom. The fraction of sp³-hybridized carbons (Fsp3) is 0.636. The second kappa shape index (κ2) is 6.72. The molecule has 2 N–H and O–H groups in total. The molecule has 0 rings (SSSR count). The van der Waals surface area contributed by atoms with Crippen molar-refractivity contribution in [3.8, 4) is 12.3 Å². The lowest BCUT2D eigenvalue weighted by molar-refractivity contribution is -0.137. The van der Waals surface area contributed by atoms with Crippen LogP contribution in [0.5, 0.6) is 0 Å². The molecule has 5 heteroatoms. The average Bonchev–Trinajstić information content (AvgIpc) is 2.15. The summed E-state index contributed by atoms with van der Waals surface area (Å²) >= 11 is 0. The average molecular weight is 226 g/mol. The summed E-state index contributed by atoms with van der Waals surface area (Å²) in [6.45, 7) is 5.54. The fourth-order valence-corrected chi connectivity index (χ4v) is 1.14. The van der Waals surface area contributed by atoms with Crippen molar-refractivity contribution in [2.75, 3.05) is 13.1 Å². The Morgan fingerprint density at radius 3 is 2.38 bits per heavy atom. The van der Waals surface area contributed by atoms with E-state index in [1.165, 1.54) is 4.90 Å². The minimum absolute atomic E-state index is 0.200. The maximum Gasteiger partial charge on any atom is 0.323 e. The summed E-state index contributed by atoms with van der Waals surface area (Å²) in [7, 11) is 0. The van der Waals surface area contributed by atoms with Crippen molar-refractivity contribution in [1.82, 2.24) is 10.2 Å². The molecular formula is C11H18N2O3. The number of nitrogens with one attached hydrogen (secondary N) is 1. The van der Waals surface area contributed by atoms with E-state index in [1.54, 1.807) is 6.92 Å². The Bertz CT molecular complexity index is 294. The Morgan fingerprint density at radius 2 is 2.00 bits per heavy atom. The van der Waals surface area contributed by atoms with E-state index in [-0.39, 0.29) is 12.5 Å². The zero-order valence-electron chi connectivity index (χ0n) is 9.86. The van der Waals surface area contributed by atoms with E-state index in [0.29, 0.717) is 6.54 Å². The van der Waals surface area contributed by atoms with Crippen LogP contribution in [0.2, 0.25) is 0 Å². The molecule has 0 spiro atoms. The summed E-state index contributed by atoms with van der Waals surface area (Å²) in [6.07, 6.45) is 5.12. The van der Waals surface area contributed by atoms with Gasteiger partial charge < -0.3 is 15.3 Å². The van der Waals surface area contributed by atoms with Gasteiger partial charge in [-0.25, -0.2) is 4.79 Å². The molecule has 0 aromatic rings. The lowest BCUT2D eigenvalue weighted by Gasteiger charge is -2.23. The number of nitrogens with zero attached hydrogens (tertiary/aromatic N) is 1. The predicted molar refractivity (Wildman–Crippen MR) is 60.9 cm³/mol. The van der Waals surface area contributed by atoms with Gasteiger partial charge in [0.1, 0.15) is 6.54 Å². The van der Waals surface area contributed by atoms with Crippen LogP contribution < -0.4 is 5.32 Å². The first kappa shape index (κ1) is 14.3. The molecule has 1 atom stereocenters. The number of carbonyl (C=O) groups is 2. The van der Waals surface area contributed by atoms with Crippen molar-refractivity contribution >= 4 is 12.0 Å². The molecule has 0 saturated carbocycles. The van der Waals surface area contributed by atoms with E-state index >= 15 is 0 Å². The van der Waals surface area contributed by atoms with Gasteiger partial charge in [-0.3, -0.25) is 4.79 Å². The van der Waals surface area contributed by atoms with Crippen LogP contribution in [0, 0.1) is 18.3 Å². The highest BCUT2D eigenvalue weighted by Gasteiger charge is 2.18. The lowest BCUT2D eigenvalue weighted by atomic mass is 10.2. The molecule has 2 amide bonds. The minimum Gasteiger partial charge on any atom is -0.480 e. The highest BCUT2D eigenvalue weighted by molar-refractivity contribution is 5.80. The maximum atomic E-state index is 11.6. The van der Waals surface area contributed by atoms with E-state index in [9.17, 15) is 9.59 Å². The van der Waals surface area contributed by atoms with Crippen LogP contribution in [0.25, 0.3) is 0 Å². The largest absolute Gasteiger partial charge is 0.480 e. The van der Waals surface area contributed by atoms with E-state index < -0.39 is 18.0 Å². The third kappa shape index (κ3) is 5.91. The summed E-state index contributed by atoms with van der Waals surface area (Å²) in [4.78, 5) is 23.5. The lowest BCUT2D eigenvalue weighted by Crippen LogP contribution is -2.46. The maximum absolute atomic E-state index is 11.6. The molecule has 0 saturated heterocycles. The zero-order chi connectivity index (χ0) is 12.7. The normalized spacial score (nSPS) is 11.7. The van der Waals surface area contributed by atoms with Crippen LogP contribution in [0.1, 0.15) is 20.8 Å². The third-order valence-electron chi connectivity index (χ3n) is 1.79. The fourth-order valence-electron chi connectivity index (χ4n) is 1.14. The predicted octanol–water partition coefficient (Wildman–Crippen LogP) is 0.760. The van der Waals surface area contributed by atoms with Crippen LogP contribution in [0.4, 0.5) is 4.79 Å². The molecule has 0 radical (unpaired) electrons. The van der Waals surface area contributed by atoms with Crippen LogP contribution >= 0.6 is 0 Å². The van der Waals surface area contributed by atoms with Crippen molar-refractivity contribution in [3.63, 3.8) is 0 Å². The molecular weight excluding hydrogens is 208 g/mol. The molecule has 5 nitrogen and oxygen atoms in total. The van der Waals surface area contributed by atoms with Crippen molar-refractivity contribution in [2.45, 2.75) is 26.8 Å². The number of carbonyl (C=O) groups excluding carboxylic acids is 1. The van der Waals surface area contributed by atoms with E-state index in [1.807, 2.05) is 13.8 Å². The van der Waals surface area contributed by atoms with Crippen LogP contribution in [0.15, 0.2) is 0 Å². The van der Waals surface area contributed by atoms with Gasteiger partial charge in [0, 0.05) is 6.54 Å². The SMILES string of the molecule is C#CC(C)NC(=O)N(CC(=O)O)CC(C)C. The van der Waals surface area contributed by atoms with Crippen molar-refractivity contribution in [3.05, 3.63) is 0 Å². The first-order chi connectivity index (χ1) is 7.36. The highest BCUT2D eigenvalue weighted by Crippen LogP contribution is 1.99. The Hall–Kier alpha value is -1.70. The molecule has 0 aromatic carbocycles. The van der Waals surface area contributed by atoms with E-state index in [4.69, 9.17) is 11.5 Å². The van der Waals surface area contributed by atoms with Gasteiger partial charge in [-0.05, 0) is 12.8 Å². The molecule has 1 unspecified atom stereocenters. The van der Waals surface area contributed by atoms with Gasteiger partial charge in [0.05, 0.1) is 6.04 Å².